The monoisotopic (exact) mass is 335 g/mol. The lowest BCUT2D eigenvalue weighted by molar-refractivity contribution is -0.131. The minimum Gasteiger partial charge on any atom is -0.366 e. The summed E-state index contributed by atoms with van der Waals surface area (Å²) >= 11 is 0. The van der Waals surface area contributed by atoms with Crippen LogP contribution in [-0.2, 0) is 4.79 Å². The minimum atomic E-state index is -0.459. The normalized spacial score (nSPS) is 25.0. The SMILES string of the molecule is NC(=O)c1cccnc1[C@@H]1CCN(C(=O)[C@H]2C[C@@H]2c2ccccc2)C1. The van der Waals surface area contributed by atoms with E-state index in [1.54, 1.807) is 18.3 Å². The summed E-state index contributed by atoms with van der Waals surface area (Å²) in [7, 11) is 0. The summed E-state index contributed by atoms with van der Waals surface area (Å²) in [6.45, 7) is 1.34. The largest absolute Gasteiger partial charge is 0.366 e. The number of rotatable bonds is 4. The van der Waals surface area contributed by atoms with Crippen molar-refractivity contribution in [1.82, 2.24) is 9.88 Å². The maximum atomic E-state index is 12.8. The Kier molecular flexibility index (Phi) is 3.99. The highest BCUT2D eigenvalue weighted by Crippen LogP contribution is 2.49. The van der Waals surface area contributed by atoms with Gasteiger partial charge in [-0.1, -0.05) is 30.3 Å². The Balaban J connectivity index is 1.44. The molecule has 1 aliphatic carbocycles. The van der Waals surface area contributed by atoms with Gasteiger partial charge in [-0.2, -0.15) is 0 Å². The number of hydrogen-bond acceptors (Lipinski definition) is 3. The molecule has 1 aromatic heterocycles. The number of likely N-dealkylation sites (tertiary alicyclic amines) is 1. The van der Waals surface area contributed by atoms with E-state index >= 15 is 0 Å². The van der Waals surface area contributed by atoms with Gasteiger partial charge in [-0.3, -0.25) is 14.6 Å². The summed E-state index contributed by atoms with van der Waals surface area (Å²) in [5.41, 5.74) is 7.90. The van der Waals surface area contributed by atoms with Crippen LogP contribution in [0.1, 0.15) is 46.3 Å². The van der Waals surface area contributed by atoms with Gasteiger partial charge in [0.25, 0.3) is 5.91 Å². The summed E-state index contributed by atoms with van der Waals surface area (Å²) in [4.78, 5) is 30.7. The second-order valence-electron chi connectivity index (χ2n) is 6.93. The number of amides is 2. The van der Waals surface area contributed by atoms with Crippen molar-refractivity contribution in [2.24, 2.45) is 11.7 Å². The van der Waals surface area contributed by atoms with Gasteiger partial charge in [0, 0.05) is 31.1 Å². The van der Waals surface area contributed by atoms with Crippen LogP contribution in [0.2, 0.25) is 0 Å². The summed E-state index contributed by atoms with van der Waals surface area (Å²) in [5.74, 6) is 0.304. The number of pyridine rings is 1. The van der Waals surface area contributed by atoms with E-state index in [2.05, 4.69) is 17.1 Å². The third-order valence-corrected chi connectivity index (χ3v) is 5.33. The summed E-state index contributed by atoms with van der Waals surface area (Å²) in [5, 5.41) is 0. The van der Waals surface area contributed by atoms with E-state index in [9.17, 15) is 9.59 Å². The number of nitrogens with zero attached hydrogens (tertiary/aromatic N) is 2. The van der Waals surface area contributed by atoms with E-state index in [1.807, 2.05) is 23.1 Å². The molecule has 1 saturated carbocycles. The Bertz CT molecular complexity index is 806. The molecule has 0 radical (unpaired) electrons. The third-order valence-electron chi connectivity index (χ3n) is 5.33. The molecule has 4 rings (SSSR count). The van der Waals surface area contributed by atoms with Gasteiger partial charge in [0.1, 0.15) is 0 Å². The topological polar surface area (TPSA) is 76.3 Å². The number of benzene rings is 1. The van der Waals surface area contributed by atoms with Crippen LogP contribution >= 0.6 is 0 Å². The predicted octanol–water partition coefficient (Wildman–Crippen LogP) is 2.30. The molecule has 0 unspecified atom stereocenters. The number of nitrogens with two attached hydrogens (primary N) is 1. The molecule has 1 saturated heterocycles. The van der Waals surface area contributed by atoms with Crippen LogP contribution in [-0.4, -0.2) is 34.8 Å². The van der Waals surface area contributed by atoms with Crippen LogP contribution in [0.15, 0.2) is 48.7 Å². The lowest BCUT2D eigenvalue weighted by Gasteiger charge is -2.17. The fourth-order valence-electron chi connectivity index (χ4n) is 3.91. The Hall–Kier alpha value is -2.69. The predicted molar refractivity (Wildman–Crippen MR) is 94.0 cm³/mol. The van der Waals surface area contributed by atoms with E-state index in [-0.39, 0.29) is 17.7 Å². The molecule has 2 aliphatic rings. The lowest BCUT2D eigenvalue weighted by Crippen LogP contribution is -2.30. The van der Waals surface area contributed by atoms with Crippen LogP contribution < -0.4 is 5.73 Å². The fraction of sp³-hybridized carbons (Fsp3) is 0.350. The average molecular weight is 335 g/mol. The molecular formula is C20H21N3O2. The van der Waals surface area contributed by atoms with Crippen molar-refractivity contribution < 1.29 is 9.59 Å². The first-order chi connectivity index (χ1) is 12.1. The molecule has 2 aromatic rings. The first-order valence-electron chi connectivity index (χ1n) is 8.73. The first-order valence-corrected chi connectivity index (χ1v) is 8.73. The number of hydrogen-bond donors (Lipinski definition) is 1. The summed E-state index contributed by atoms with van der Waals surface area (Å²) in [6, 6.07) is 13.7. The van der Waals surface area contributed by atoms with Gasteiger partial charge in [-0.25, -0.2) is 0 Å². The van der Waals surface area contributed by atoms with Crippen LogP contribution in [0.5, 0.6) is 0 Å². The molecule has 3 atom stereocenters. The molecule has 5 heteroatoms. The van der Waals surface area contributed by atoms with E-state index < -0.39 is 5.91 Å². The zero-order valence-electron chi connectivity index (χ0n) is 14.0. The van der Waals surface area contributed by atoms with Crippen LogP contribution in [0.4, 0.5) is 0 Å². The Morgan fingerprint density at radius 2 is 1.92 bits per heavy atom. The molecular weight excluding hydrogens is 314 g/mol. The van der Waals surface area contributed by atoms with E-state index in [0.29, 0.717) is 18.0 Å². The van der Waals surface area contributed by atoms with Crippen molar-refractivity contribution in [2.75, 3.05) is 13.1 Å². The number of carbonyl (C=O) groups excluding carboxylic acids is 2. The van der Waals surface area contributed by atoms with Crippen molar-refractivity contribution in [1.29, 1.82) is 0 Å². The second kappa shape index (κ2) is 6.31. The van der Waals surface area contributed by atoms with Crippen LogP contribution in [0.3, 0.4) is 0 Å². The Morgan fingerprint density at radius 1 is 1.12 bits per heavy atom. The van der Waals surface area contributed by atoms with E-state index in [4.69, 9.17) is 5.73 Å². The first kappa shape index (κ1) is 15.8. The maximum Gasteiger partial charge on any atom is 0.250 e. The summed E-state index contributed by atoms with van der Waals surface area (Å²) < 4.78 is 0. The highest BCUT2D eigenvalue weighted by Gasteiger charge is 2.47. The molecule has 5 nitrogen and oxygen atoms in total. The standard InChI is InChI=1S/C20H21N3O2/c21-19(24)15-7-4-9-22-18(15)14-8-10-23(12-14)20(25)17-11-16(17)13-5-2-1-3-6-13/h1-7,9,14,16-17H,8,10-12H2,(H2,21,24)/t14-,16-,17+/m1/s1. The molecule has 2 N–H and O–H groups in total. The third kappa shape index (κ3) is 3.02. The fourth-order valence-corrected chi connectivity index (χ4v) is 3.91. The molecule has 1 aromatic carbocycles. The van der Waals surface area contributed by atoms with Crippen LogP contribution in [0, 0.1) is 5.92 Å². The highest BCUT2D eigenvalue weighted by molar-refractivity contribution is 5.94. The van der Waals surface area contributed by atoms with Gasteiger partial charge in [0.05, 0.1) is 11.3 Å². The second-order valence-corrected chi connectivity index (χ2v) is 6.93. The number of carbonyl (C=O) groups is 2. The van der Waals surface area contributed by atoms with Crippen LogP contribution in [0.25, 0.3) is 0 Å². The Labute approximate surface area is 146 Å². The van der Waals surface area contributed by atoms with Gasteiger partial charge in [-0.05, 0) is 36.5 Å². The zero-order chi connectivity index (χ0) is 17.4. The van der Waals surface area contributed by atoms with Gasteiger partial charge < -0.3 is 10.6 Å². The maximum absolute atomic E-state index is 12.8. The van der Waals surface area contributed by atoms with Gasteiger partial charge in [-0.15, -0.1) is 0 Å². The van der Waals surface area contributed by atoms with Gasteiger partial charge >= 0.3 is 0 Å². The molecule has 2 heterocycles. The minimum absolute atomic E-state index is 0.0848. The quantitative estimate of drug-likeness (QED) is 0.931. The van der Waals surface area contributed by atoms with Gasteiger partial charge in [0.2, 0.25) is 5.91 Å². The van der Waals surface area contributed by atoms with Crippen molar-refractivity contribution in [3.05, 3.63) is 65.5 Å². The van der Waals surface area contributed by atoms with Crippen molar-refractivity contribution in [3.63, 3.8) is 0 Å². The number of primary amides is 1. The molecule has 25 heavy (non-hydrogen) atoms. The van der Waals surface area contributed by atoms with Gasteiger partial charge in [0.15, 0.2) is 0 Å². The van der Waals surface area contributed by atoms with Crippen molar-refractivity contribution in [2.45, 2.75) is 24.7 Å². The Morgan fingerprint density at radius 3 is 2.68 bits per heavy atom. The average Bonchev–Trinajstić information content (AvgIpc) is 3.30. The molecule has 2 fully saturated rings. The lowest BCUT2D eigenvalue weighted by atomic mass is 9.99. The molecule has 128 valence electrons. The molecule has 1 aliphatic heterocycles. The molecule has 0 bridgehead atoms. The zero-order valence-corrected chi connectivity index (χ0v) is 14.0. The van der Waals surface area contributed by atoms with Crippen molar-refractivity contribution in [3.8, 4) is 0 Å². The summed E-state index contributed by atoms with van der Waals surface area (Å²) in [6.07, 6.45) is 3.43. The number of aromatic nitrogens is 1. The smallest absolute Gasteiger partial charge is 0.250 e. The van der Waals surface area contributed by atoms with E-state index in [1.165, 1.54) is 5.56 Å². The molecule has 0 spiro atoms. The molecule has 2 amide bonds. The van der Waals surface area contributed by atoms with Crippen molar-refractivity contribution >= 4 is 11.8 Å². The van der Waals surface area contributed by atoms with E-state index in [0.717, 1.165) is 25.1 Å². The highest BCUT2D eigenvalue weighted by atomic mass is 16.2.